The molecule has 3 rings (SSSR count). The highest BCUT2D eigenvalue weighted by Crippen LogP contribution is 2.45. The molecule has 3 nitrogen and oxygen atoms in total. The third-order valence-electron chi connectivity index (χ3n) is 3.06. The zero-order chi connectivity index (χ0) is 14.1. The number of rotatable bonds is 2. The van der Waals surface area contributed by atoms with Crippen LogP contribution in [-0.4, -0.2) is 5.11 Å². The fourth-order valence-corrected chi connectivity index (χ4v) is 2.34. The quantitative estimate of drug-likeness (QED) is 0.726. The van der Waals surface area contributed by atoms with Crippen molar-refractivity contribution in [3.05, 3.63) is 59.6 Å². The lowest BCUT2D eigenvalue weighted by molar-refractivity contribution is 0.467. The number of nitrogen functional groups attached to an aromatic ring is 1. The Bertz CT molecular complexity index is 750. The number of aromatic hydroxyl groups is 1. The predicted molar refractivity (Wildman–Crippen MR) is 80.7 cm³/mol. The minimum absolute atomic E-state index is 0.0240. The Morgan fingerprint density at radius 1 is 0.950 bits per heavy atom. The molecule has 0 aliphatic heterocycles. The minimum Gasteiger partial charge on any atom is -0.504 e. The van der Waals surface area contributed by atoms with Crippen LogP contribution < -0.4 is 5.73 Å². The predicted octanol–water partition coefficient (Wildman–Crippen LogP) is 4.55. The zero-order valence-electron chi connectivity index (χ0n) is 10.5. The van der Waals surface area contributed by atoms with E-state index in [1.165, 1.54) is 0 Å². The second kappa shape index (κ2) is 4.94. The van der Waals surface area contributed by atoms with Crippen LogP contribution in [0.25, 0.3) is 22.5 Å². The molecule has 20 heavy (non-hydrogen) atoms. The molecule has 100 valence electrons. The summed E-state index contributed by atoms with van der Waals surface area (Å²) in [6.45, 7) is 0. The molecule has 0 atom stereocenters. The highest BCUT2D eigenvalue weighted by molar-refractivity contribution is 6.30. The first kappa shape index (κ1) is 12.6. The topological polar surface area (TPSA) is 59.4 Å². The summed E-state index contributed by atoms with van der Waals surface area (Å²) in [4.78, 5) is 0. The van der Waals surface area contributed by atoms with Gasteiger partial charge in [0.05, 0.1) is 5.56 Å². The van der Waals surface area contributed by atoms with Crippen LogP contribution in [0.3, 0.4) is 0 Å². The van der Waals surface area contributed by atoms with E-state index in [-0.39, 0.29) is 11.6 Å². The summed E-state index contributed by atoms with van der Waals surface area (Å²) in [5, 5.41) is 11.0. The fourth-order valence-electron chi connectivity index (χ4n) is 2.15. The fraction of sp³-hybridized carbons (Fsp3) is 0. The van der Waals surface area contributed by atoms with Crippen molar-refractivity contribution in [1.29, 1.82) is 0 Å². The molecule has 0 bridgehead atoms. The lowest BCUT2D eigenvalue weighted by Gasteiger charge is -2.01. The van der Waals surface area contributed by atoms with Crippen molar-refractivity contribution in [3.63, 3.8) is 0 Å². The van der Waals surface area contributed by atoms with Gasteiger partial charge in [0, 0.05) is 10.6 Å². The van der Waals surface area contributed by atoms with Crippen LogP contribution >= 0.6 is 11.6 Å². The zero-order valence-corrected chi connectivity index (χ0v) is 11.3. The van der Waals surface area contributed by atoms with Gasteiger partial charge in [0.2, 0.25) is 5.88 Å². The van der Waals surface area contributed by atoms with E-state index in [2.05, 4.69) is 0 Å². The first-order valence-electron chi connectivity index (χ1n) is 6.09. The maximum Gasteiger partial charge on any atom is 0.202 e. The molecule has 3 N–H and O–H groups in total. The van der Waals surface area contributed by atoms with Crippen LogP contribution in [0.15, 0.2) is 59.0 Å². The molecule has 0 saturated carbocycles. The van der Waals surface area contributed by atoms with Crippen molar-refractivity contribution in [2.75, 3.05) is 5.73 Å². The number of hydrogen-bond acceptors (Lipinski definition) is 3. The second-order valence-corrected chi connectivity index (χ2v) is 4.83. The number of hydrogen-bond donors (Lipinski definition) is 2. The lowest BCUT2D eigenvalue weighted by Crippen LogP contribution is -1.84. The van der Waals surface area contributed by atoms with Crippen LogP contribution in [0.4, 0.5) is 5.88 Å². The number of furan rings is 1. The summed E-state index contributed by atoms with van der Waals surface area (Å²) in [5.74, 6) is 0.553. The maximum atomic E-state index is 10.4. The van der Waals surface area contributed by atoms with Crippen LogP contribution in [0.1, 0.15) is 0 Å². The molecule has 0 unspecified atom stereocenters. The highest BCUT2D eigenvalue weighted by Gasteiger charge is 2.20. The first-order valence-corrected chi connectivity index (χ1v) is 6.47. The Morgan fingerprint density at radius 2 is 1.65 bits per heavy atom. The molecule has 2 aromatic carbocycles. The van der Waals surface area contributed by atoms with Gasteiger partial charge >= 0.3 is 0 Å². The summed E-state index contributed by atoms with van der Waals surface area (Å²) >= 11 is 5.97. The third kappa shape index (κ3) is 2.12. The standard InChI is InChI=1S/C16H12ClNO2/c17-12-8-4-7-11(9-12)13-14(19)15(20-16(13)18)10-5-2-1-3-6-10/h1-9,19H,18H2. The molecule has 3 aromatic rings. The van der Waals surface area contributed by atoms with Gasteiger partial charge in [0.15, 0.2) is 11.5 Å². The Kier molecular flexibility index (Phi) is 3.12. The van der Waals surface area contributed by atoms with Crippen molar-refractivity contribution >= 4 is 17.5 Å². The molecule has 0 aliphatic carbocycles. The number of anilines is 1. The van der Waals surface area contributed by atoms with Crippen molar-refractivity contribution in [1.82, 2.24) is 0 Å². The first-order chi connectivity index (χ1) is 9.66. The lowest BCUT2D eigenvalue weighted by atomic mass is 10.1. The van der Waals surface area contributed by atoms with E-state index in [1.54, 1.807) is 18.2 Å². The molecule has 0 radical (unpaired) electrons. The SMILES string of the molecule is Nc1oc(-c2ccccc2)c(O)c1-c1cccc(Cl)c1. The average molecular weight is 286 g/mol. The van der Waals surface area contributed by atoms with Gasteiger partial charge in [-0.05, 0) is 17.7 Å². The molecule has 0 spiro atoms. The van der Waals surface area contributed by atoms with Crippen LogP contribution in [0.5, 0.6) is 5.75 Å². The monoisotopic (exact) mass is 285 g/mol. The largest absolute Gasteiger partial charge is 0.504 e. The molecular weight excluding hydrogens is 274 g/mol. The summed E-state index contributed by atoms with van der Waals surface area (Å²) in [5.41, 5.74) is 7.85. The molecule has 1 heterocycles. The third-order valence-corrected chi connectivity index (χ3v) is 3.29. The van der Waals surface area contributed by atoms with Crippen LogP contribution in [0, 0.1) is 0 Å². The van der Waals surface area contributed by atoms with Gasteiger partial charge in [0.1, 0.15) is 0 Å². The van der Waals surface area contributed by atoms with E-state index >= 15 is 0 Å². The van der Waals surface area contributed by atoms with Crippen molar-refractivity contribution in [2.45, 2.75) is 0 Å². The number of nitrogens with two attached hydrogens (primary N) is 1. The summed E-state index contributed by atoms with van der Waals surface area (Å²) < 4.78 is 5.51. The van der Waals surface area contributed by atoms with Gasteiger partial charge in [-0.25, -0.2) is 0 Å². The molecule has 4 heteroatoms. The van der Waals surface area contributed by atoms with Gasteiger partial charge < -0.3 is 15.3 Å². The molecule has 0 amide bonds. The van der Waals surface area contributed by atoms with E-state index in [0.717, 1.165) is 11.1 Å². The summed E-state index contributed by atoms with van der Waals surface area (Å²) in [6, 6.07) is 16.4. The van der Waals surface area contributed by atoms with Gasteiger partial charge in [-0.15, -0.1) is 0 Å². The van der Waals surface area contributed by atoms with Crippen LogP contribution in [-0.2, 0) is 0 Å². The van der Waals surface area contributed by atoms with E-state index in [9.17, 15) is 5.11 Å². The molecule has 0 saturated heterocycles. The van der Waals surface area contributed by atoms with Gasteiger partial charge in [-0.3, -0.25) is 0 Å². The number of benzene rings is 2. The van der Waals surface area contributed by atoms with Gasteiger partial charge in [-0.1, -0.05) is 54.1 Å². The van der Waals surface area contributed by atoms with E-state index in [0.29, 0.717) is 16.3 Å². The normalized spacial score (nSPS) is 10.7. The highest BCUT2D eigenvalue weighted by atomic mass is 35.5. The Hall–Kier alpha value is -2.39. The van der Waals surface area contributed by atoms with Crippen molar-refractivity contribution in [2.24, 2.45) is 0 Å². The van der Waals surface area contributed by atoms with E-state index in [4.69, 9.17) is 21.8 Å². The average Bonchev–Trinajstić information content (AvgIpc) is 2.75. The van der Waals surface area contributed by atoms with Crippen molar-refractivity contribution in [3.8, 4) is 28.2 Å². The molecule has 0 fully saturated rings. The molecule has 0 aliphatic rings. The maximum absolute atomic E-state index is 10.4. The molecule has 1 aromatic heterocycles. The number of halogens is 1. The Labute approximate surface area is 121 Å². The van der Waals surface area contributed by atoms with Crippen LogP contribution in [0.2, 0.25) is 5.02 Å². The van der Waals surface area contributed by atoms with Gasteiger partial charge in [0.25, 0.3) is 0 Å². The Morgan fingerprint density at radius 3 is 2.35 bits per heavy atom. The van der Waals surface area contributed by atoms with Gasteiger partial charge in [-0.2, -0.15) is 0 Å². The Balaban J connectivity index is 2.17. The smallest absolute Gasteiger partial charge is 0.202 e. The van der Waals surface area contributed by atoms with E-state index < -0.39 is 0 Å². The summed E-state index contributed by atoms with van der Waals surface area (Å²) in [6.07, 6.45) is 0. The second-order valence-electron chi connectivity index (χ2n) is 4.40. The molecular formula is C16H12ClNO2. The summed E-state index contributed by atoms with van der Waals surface area (Å²) in [7, 11) is 0. The van der Waals surface area contributed by atoms with Crippen molar-refractivity contribution < 1.29 is 9.52 Å². The minimum atomic E-state index is 0.0240. The van der Waals surface area contributed by atoms with E-state index in [1.807, 2.05) is 36.4 Å².